The summed E-state index contributed by atoms with van der Waals surface area (Å²) in [6, 6.07) is 11.2. The summed E-state index contributed by atoms with van der Waals surface area (Å²) in [5, 5.41) is 3.12. The predicted octanol–water partition coefficient (Wildman–Crippen LogP) is 2.55. The zero-order valence-electron chi connectivity index (χ0n) is 20.5. The monoisotopic (exact) mass is 497 g/mol. The number of aromatic amines is 1. The lowest BCUT2D eigenvalue weighted by molar-refractivity contribution is 0.0984. The number of nitrogens with one attached hydrogen (secondary N) is 2. The second-order valence-electron chi connectivity index (χ2n) is 9.12. The maximum atomic E-state index is 11.6. The van der Waals surface area contributed by atoms with Gasteiger partial charge in [0.1, 0.15) is 5.82 Å². The minimum Gasteiger partial charge on any atom is -0.377 e. The van der Waals surface area contributed by atoms with Crippen LogP contribution in [0.3, 0.4) is 0 Å². The molecule has 2 N–H and O–H groups in total. The van der Waals surface area contributed by atoms with Crippen LogP contribution >= 0.6 is 0 Å². The zero-order chi connectivity index (χ0) is 25.2. The summed E-state index contributed by atoms with van der Waals surface area (Å²) in [6.07, 6.45) is 5.81. The molecule has 1 aromatic carbocycles. The van der Waals surface area contributed by atoms with E-state index in [4.69, 9.17) is 14.7 Å². The van der Waals surface area contributed by atoms with Gasteiger partial charge in [-0.15, -0.1) is 0 Å². The number of morpholine rings is 1. The van der Waals surface area contributed by atoms with Crippen LogP contribution in [0.15, 0.2) is 59.8 Å². The van der Waals surface area contributed by atoms with Crippen molar-refractivity contribution < 1.29 is 4.74 Å². The highest BCUT2D eigenvalue weighted by molar-refractivity contribution is 5.65. The second-order valence-corrected chi connectivity index (χ2v) is 9.12. The van der Waals surface area contributed by atoms with E-state index < -0.39 is 0 Å². The third-order valence-corrected chi connectivity index (χ3v) is 6.59. The summed E-state index contributed by atoms with van der Waals surface area (Å²) in [7, 11) is 0. The van der Waals surface area contributed by atoms with Gasteiger partial charge in [0.15, 0.2) is 5.82 Å². The molecule has 1 unspecified atom stereocenters. The van der Waals surface area contributed by atoms with E-state index in [9.17, 15) is 4.79 Å². The Morgan fingerprint density at radius 2 is 1.86 bits per heavy atom. The van der Waals surface area contributed by atoms with Gasteiger partial charge in [0.05, 0.1) is 31.5 Å². The molecule has 1 atom stereocenters. The van der Waals surface area contributed by atoms with Crippen molar-refractivity contribution in [2.75, 3.05) is 41.4 Å². The normalized spacial score (nSPS) is 17.4. The lowest BCUT2D eigenvalue weighted by atomic mass is 10.0. The molecule has 0 spiro atoms. The molecule has 2 aliphatic heterocycles. The van der Waals surface area contributed by atoms with Gasteiger partial charge in [-0.25, -0.2) is 24.9 Å². The van der Waals surface area contributed by atoms with Crippen LogP contribution in [0, 0.1) is 0 Å². The van der Waals surface area contributed by atoms with Crippen LogP contribution in [0.5, 0.6) is 0 Å². The third-order valence-electron chi connectivity index (χ3n) is 6.59. The SMILES string of the molecule is CC1COCCN1c1nc(-c2ccc(Nc3nccc(=O)[nH]3)cc2)nc2c1CCN(c1ncccn1)C2. The molecule has 37 heavy (non-hydrogen) atoms. The summed E-state index contributed by atoms with van der Waals surface area (Å²) in [5.41, 5.74) is 3.66. The number of anilines is 4. The predicted molar refractivity (Wildman–Crippen MR) is 140 cm³/mol. The van der Waals surface area contributed by atoms with Gasteiger partial charge in [-0.2, -0.15) is 0 Å². The molecular weight excluding hydrogens is 470 g/mol. The standard InChI is InChI=1S/C26H27N9O2/c1-17-16-37-14-13-35(17)24-20-8-12-34(26-28-9-2-10-29-26)15-21(20)31-23(33-24)18-3-5-19(6-4-18)30-25-27-11-7-22(36)32-25/h2-7,9-11,17H,8,12-16H2,1H3,(H2,27,30,32,36). The summed E-state index contributed by atoms with van der Waals surface area (Å²) in [5.74, 6) is 2.74. The molecule has 5 heterocycles. The van der Waals surface area contributed by atoms with Gasteiger partial charge in [-0.05, 0) is 43.7 Å². The maximum absolute atomic E-state index is 11.6. The van der Waals surface area contributed by atoms with Crippen molar-refractivity contribution in [3.63, 3.8) is 0 Å². The number of fused-ring (bicyclic) bond motifs is 1. The van der Waals surface area contributed by atoms with Crippen molar-refractivity contribution in [3.05, 3.63) is 76.6 Å². The minimum atomic E-state index is -0.212. The molecule has 4 aromatic rings. The summed E-state index contributed by atoms with van der Waals surface area (Å²) < 4.78 is 5.69. The smallest absolute Gasteiger partial charge is 0.252 e. The van der Waals surface area contributed by atoms with E-state index in [0.717, 1.165) is 42.3 Å². The molecule has 0 bridgehead atoms. The number of benzene rings is 1. The Morgan fingerprint density at radius 3 is 2.65 bits per heavy atom. The fourth-order valence-electron chi connectivity index (χ4n) is 4.72. The van der Waals surface area contributed by atoms with Crippen LogP contribution in [0.1, 0.15) is 18.2 Å². The number of hydrogen-bond donors (Lipinski definition) is 2. The quantitative estimate of drug-likeness (QED) is 0.425. The largest absolute Gasteiger partial charge is 0.377 e. The Morgan fingerprint density at radius 1 is 1.03 bits per heavy atom. The van der Waals surface area contributed by atoms with Crippen molar-refractivity contribution in [2.45, 2.75) is 25.9 Å². The molecule has 11 nitrogen and oxygen atoms in total. The topological polar surface area (TPSA) is 125 Å². The van der Waals surface area contributed by atoms with Crippen LogP contribution in [0.25, 0.3) is 11.4 Å². The van der Waals surface area contributed by atoms with Crippen LogP contribution in [0.4, 0.5) is 23.4 Å². The molecule has 3 aromatic heterocycles. The van der Waals surface area contributed by atoms with E-state index >= 15 is 0 Å². The Balaban J connectivity index is 1.35. The lowest BCUT2D eigenvalue weighted by Crippen LogP contribution is -2.45. The van der Waals surface area contributed by atoms with Gasteiger partial charge in [-0.3, -0.25) is 9.78 Å². The first-order chi connectivity index (χ1) is 18.1. The number of H-pyrrole nitrogens is 1. The number of nitrogens with zero attached hydrogens (tertiary/aromatic N) is 7. The van der Waals surface area contributed by atoms with Crippen LogP contribution in [0.2, 0.25) is 0 Å². The highest BCUT2D eigenvalue weighted by atomic mass is 16.5. The number of aromatic nitrogens is 6. The van der Waals surface area contributed by atoms with E-state index in [-0.39, 0.29) is 11.6 Å². The second kappa shape index (κ2) is 9.94. The first-order valence-electron chi connectivity index (χ1n) is 12.3. The molecule has 1 saturated heterocycles. The lowest BCUT2D eigenvalue weighted by Gasteiger charge is -2.37. The van der Waals surface area contributed by atoms with Crippen molar-refractivity contribution in [1.29, 1.82) is 0 Å². The van der Waals surface area contributed by atoms with Gasteiger partial charge in [0.2, 0.25) is 11.9 Å². The van der Waals surface area contributed by atoms with E-state index in [0.29, 0.717) is 37.5 Å². The Bertz CT molecular complexity index is 1440. The summed E-state index contributed by atoms with van der Waals surface area (Å²) in [6.45, 7) is 5.74. The van der Waals surface area contributed by atoms with Gasteiger partial charge < -0.3 is 19.9 Å². The number of rotatable bonds is 5. The summed E-state index contributed by atoms with van der Waals surface area (Å²) >= 11 is 0. The van der Waals surface area contributed by atoms with E-state index in [1.807, 2.05) is 30.3 Å². The van der Waals surface area contributed by atoms with Crippen molar-refractivity contribution in [3.8, 4) is 11.4 Å². The van der Waals surface area contributed by atoms with Crippen molar-refractivity contribution in [2.24, 2.45) is 0 Å². The average Bonchev–Trinajstić information content (AvgIpc) is 2.93. The van der Waals surface area contributed by atoms with Gasteiger partial charge in [0.25, 0.3) is 5.56 Å². The van der Waals surface area contributed by atoms with Crippen molar-refractivity contribution in [1.82, 2.24) is 29.9 Å². The molecule has 2 aliphatic rings. The molecule has 11 heteroatoms. The van der Waals surface area contributed by atoms with E-state index in [1.54, 1.807) is 12.4 Å². The van der Waals surface area contributed by atoms with Crippen LogP contribution in [-0.4, -0.2) is 62.2 Å². The fourth-order valence-corrected chi connectivity index (χ4v) is 4.72. The number of hydrogen-bond acceptors (Lipinski definition) is 10. The third kappa shape index (κ3) is 4.85. The first kappa shape index (κ1) is 23.0. The van der Waals surface area contributed by atoms with Gasteiger partial charge >= 0.3 is 0 Å². The molecule has 6 rings (SSSR count). The van der Waals surface area contributed by atoms with Gasteiger partial charge in [-0.1, -0.05) is 0 Å². The Labute approximate surface area is 213 Å². The molecular formula is C26H27N9O2. The maximum Gasteiger partial charge on any atom is 0.252 e. The average molecular weight is 498 g/mol. The van der Waals surface area contributed by atoms with Crippen LogP contribution in [-0.2, 0) is 17.7 Å². The first-order valence-corrected chi connectivity index (χ1v) is 12.3. The highest BCUT2D eigenvalue weighted by Crippen LogP contribution is 2.32. The van der Waals surface area contributed by atoms with Gasteiger partial charge in [0, 0.05) is 54.6 Å². The van der Waals surface area contributed by atoms with E-state index in [2.05, 4.69) is 42.0 Å². The Kier molecular flexibility index (Phi) is 6.19. The minimum absolute atomic E-state index is 0.212. The molecule has 0 aliphatic carbocycles. The zero-order valence-corrected chi connectivity index (χ0v) is 20.5. The molecule has 0 radical (unpaired) electrons. The molecule has 0 amide bonds. The Hall–Kier alpha value is -4.38. The van der Waals surface area contributed by atoms with Crippen molar-refractivity contribution >= 4 is 23.4 Å². The van der Waals surface area contributed by atoms with Crippen LogP contribution < -0.4 is 20.7 Å². The molecule has 188 valence electrons. The highest BCUT2D eigenvalue weighted by Gasteiger charge is 2.29. The summed E-state index contributed by atoms with van der Waals surface area (Å²) in [4.78, 5) is 41.9. The fraction of sp³-hybridized carbons (Fsp3) is 0.308. The number of ether oxygens (including phenoxy) is 1. The molecule has 1 fully saturated rings. The molecule has 0 saturated carbocycles. The van der Waals surface area contributed by atoms with E-state index in [1.165, 1.54) is 17.8 Å².